The molecular formula is C20H15N3O4. The number of esters is 1. The highest BCUT2D eigenvalue weighted by molar-refractivity contribution is 6.06. The highest BCUT2D eigenvalue weighted by Gasteiger charge is 2.24. The minimum absolute atomic E-state index is 0.0520. The molecule has 2 heterocycles. The number of nitrogens with zero attached hydrogens (tertiary/aromatic N) is 2. The molecule has 0 spiro atoms. The van der Waals surface area contributed by atoms with E-state index in [0.717, 1.165) is 16.4 Å². The number of hydrogen-bond donors (Lipinski definition) is 1. The molecule has 0 atom stereocenters. The molecule has 0 aliphatic heterocycles. The van der Waals surface area contributed by atoms with Gasteiger partial charge in [0, 0.05) is 23.0 Å². The van der Waals surface area contributed by atoms with Crippen LogP contribution >= 0.6 is 0 Å². The first-order valence-electron chi connectivity index (χ1n) is 8.08. The summed E-state index contributed by atoms with van der Waals surface area (Å²) in [7, 11) is 2.79. The van der Waals surface area contributed by atoms with Crippen LogP contribution in [0.25, 0.3) is 27.6 Å². The van der Waals surface area contributed by atoms with Gasteiger partial charge in [0.05, 0.1) is 31.2 Å². The number of rotatable bonds is 3. The summed E-state index contributed by atoms with van der Waals surface area (Å²) in [6.45, 7) is 0. The van der Waals surface area contributed by atoms with Crippen LogP contribution in [0, 0.1) is 11.3 Å². The van der Waals surface area contributed by atoms with Gasteiger partial charge in [-0.25, -0.2) is 4.79 Å². The smallest absolute Gasteiger partial charge is 0.357 e. The number of para-hydroxylation sites is 1. The number of benzene rings is 2. The van der Waals surface area contributed by atoms with Crippen molar-refractivity contribution >= 4 is 33.6 Å². The van der Waals surface area contributed by atoms with Gasteiger partial charge >= 0.3 is 5.97 Å². The van der Waals surface area contributed by atoms with E-state index >= 15 is 0 Å². The number of anilines is 1. The Morgan fingerprint density at radius 2 is 1.96 bits per heavy atom. The van der Waals surface area contributed by atoms with Crippen LogP contribution in [0.5, 0.6) is 5.75 Å². The third kappa shape index (κ3) is 2.39. The highest BCUT2D eigenvalue weighted by atomic mass is 16.5. The molecule has 0 unspecified atom stereocenters. The van der Waals surface area contributed by atoms with Crippen molar-refractivity contribution in [2.24, 2.45) is 0 Å². The van der Waals surface area contributed by atoms with E-state index in [1.165, 1.54) is 25.0 Å². The minimum atomic E-state index is -0.652. The Morgan fingerprint density at radius 1 is 1.19 bits per heavy atom. The number of carbonyl (C=O) groups excluding carboxylic acids is 1. The van der Waals surface area contributed by atoms with Crippen LogP contribution in [0.3, 0.4) is 0 Å². The fourth-order valence-corrected chi connectivity index (χ4v) is 3.20. The van der Waals surface area contributed by atoms with E-state index in [9.17, 15) is 10.1 Å². The Balaban J connectivity index is 2.06. The summed E-state index contributed by atoms with van der Waals surface area (Å²) in [5, 5.41) is 11.1. The monoisotopic (exact) mass is 361 g/mol. The molecule has 0 radical (unpaired) electrons. The van der Waals surface area contributed by atoms with E-state index in [4.69, 9.17) is 19.6 Å². The predicted molar refractivity (Wildman–Crippen MR) is 100 cm³/mol. The summed E-state index contributed by atoms with van der Waals surface area (Å²) in [6, 6.07) is 13.2. The van der Waals surface area contributed by atoms with Gasteiger partial charge in [0.25, 0.3) is 0 Å². The topological polar surface area (TPSA) is 103 Å². The van der Waals surface area contributed by atoms with E-state index < -0.39 is 5.97 Å². The molecule has 0 fully saturated rings. The van der Waals surface area contributed by atoms with Crippen molar-refractivity contribution in [1.29, 1.82) is 5.26 Å². The molecule has 4 rings (SSSR count). The molecule has 4 aromatic rings. The number of methoxy groups -OCH3 is 2. The van der Waals surface area contributed by atoms with Crippen LogP contribution in [0.15, 0.2) is 47.0 Å². The number of furan rings is 1. The number of carbonyl (C=O) groups is 1. The first-order valence-corrected chi connectivity index (χ1v) is 8.08. The summed E-state index contributed by atoms with van der Waals surface area (Å²) in [5.41, 5.74) is 8.14. The third-order valence-electron chi connectivity index (χ3n) is 4.48. The number of fused-ring (bicyclic) bond motifs is 3. The lowest BCUT2D eigenvalue weighted by atomic mass is 10.1. The van der Waals surface area contributed by atoms with E-state index in [2.05, 4.69) is 0 Å². The zero-order valence-corrected chi connectivity index (χ0v) is 14.6. The lowest BCUT2D eigenvalue weighted by Gasteiger charge is -2.12. The van der Waals surface area contributed by atoms with Crippen LogP contribution in [0.4, 0.5) is 5.69 Å². The van der Waals surface area contributed by atoms with Gasteiger partial charge in [-0.15, -0.1) is 0 Å². The second-order valence-corrected chi connectivity index (χ2v) is 5.90. The maximum absolute atomic E-state index is 12.3. The summed E-state index contributed by atoms with van der Waals surface area (Å²) >= 11 is 0. The second-order valence-electron chi connectivity index (χ2n) is 5.90. The van der Waals surface area contributed by atoms with E-state index in [1.54, 1.807) is 6.07 Å². The number of nitrogen functional groups attached to an aromatic ring is 1. The first-order chi connectivity index (χ1) is 13.1. The predicted octanol–water partition coefficient (Wildman–Crippen LogP) is 3.63. The van der Waals surface area contributed by atoms with Crippen molar-refractivity contribution in [3.8, 4) is 17.5 Å². The number of nitriles is 1. The maximum Gasteiger partial charge on any atom is 0.357 e. The van der Waals surface area contributed by atoms with Crippen molar-refractivity contribution in [2.45, 2.75) is 0 Å². The van der Waals surface area contributed by atoms with E-state index in [-0.39, 0.29) is 16.9 Å². The molecule has 27 heavy (non-hydrogen) atoms. The maximum atomic E-state index is 12.3. The molecule has 7 nitrogen and oxygen atoms in total. The van der Waals surface area contributed by atoms with Crippen LogP contribution in [0.1, 0.15) is 16.1 Å². The zero-order chi connectivity index (χ0) is 19.1. The van der Waals surface area contributed by atoms with Gasteiger partial charge in [-0.2, -0.15) is 5.26 Å². The quantitative estimate of drug-likeness (QED) is 0.559. The van der Waals surface area contributed by atoms with Crippen molar-refractivity contribution in [2.75, 3.05) is 20.0 Å². The fraction of sp³-hybridized carbons (Fsp3) is 0.100. The third-order valence-corrected chi connectivity index (χ3v) is 4.48. The minimum Gasteiger partial charge on any atom is -0.495 e. The molecule has 0 saturated carbocycles. The van der Waals surface area contributed by atoms with Crippen LogP contribution < -0.4 is 10.5 Å². The fourth-order valence-electron chi connectivity index (χ4n) is 3.20. The van der Waals surface area contributed by atoms with Gasteiger partial charge in [-0.1, -0.05) is 18.2 Å². The molecule has 2 N–H and O–H groups in total. The molecule has 0 saturated heterocycles. The number of hydrogen-bond acceptors (Lipinski definition) is 6. The van der Waals surface area contributed by atoms with Crippen LogP contribution in [-0.4, -0.2) is 24.8 Å². The summed E-state index contributed by atoms with van der Waals surface area (Å²) < 4.78 is 17.8. The average molecular weight is 361 g/mol. The first kappa shape index (κ1) is 16.5. The molecular weight excluding hydrogens is 346 g/mol. The molecule has 7 heteroatoms. The number of ether oxygens (including phenoxy) is 2. The van der Waals surface area contributed by atoms with Crippen molar-refractivity contribution in [3.63, 3.8) is 0 Å². The molecule has 2 aromatic carbocycles. The summed E-state index contributed by atoms with van der Waals surface area (Å²) in [4.78, 5) is 12.3. The Labute approximate surface area is 154 Å². The number of aromatic nitrogens is 1. The van der Waals surface area contributed by atoms with Gasteiger partial charge < -0.3 is 24.2 Å². The Kier molecular flexibility index (Phi) is 3.74. The molecule has 0 aliphatic carbocycles. The van der Waals surface area contributed by atoms with Gasteiger partial charge in [0.1, 0.15) is 23.0 Å². The Morgan fingerprint density at radius 3 is 2.67 bits per heavy atom. The van der Waals surface area contributed by atoms with Gasteiger partial charge in [-0.05, 0) is 12.1 Å². The van der Waals surface area contributed by atoms with Crippen molar-refractivity contribution in [3.05, 3.63) is 53.9 Å². The van der Waals surface area contributed by atoms with Crippen molar-refractivity contribution in [1.82, 2.24) is 4.57 Å². The summed E-state index contributed by atoms with van der Waals surface area (Å²) in [6.07, 6.45) is 1.48. The molecule has 0 aliphatic rings. The number of nitrogens with two attached hydrogens (primary N) is 1. The Bertz CT molecular complexity index is 1240. The average Bonchev–Trinajstić information content (AvgIpc) is 3.23. The van der Waals surface area contributed by atoms with E-state index in [1.807, 2.05) is 36.4 Å². The van der Waals surface area contributed by atoms with Crippen LogP contribution in [-0.2, 0) is 4.74 Å². The van der Waals surface area contributed by atoms with E-state index in [0.29, 0.717) is 17.0 Å². The van der Waals surface area contributed by atoms with Gasteiger partial charge in [-0.3, -0.25) is 0 Å². The molecule has 0 amide bonds. The van der Waals surface area contributed by atoms with Gasteiger partial charge in [0.2, 0.25) is 0 Å². The van der Waals surface area contributed by atoms with Gasteiger partial charge in [0.15, 0.2) is 5.69 Å². The molecule has 2 aromatic heterocycles. The zero-order valence-electron chi connectivity index (χ0n) is 14.6. The lowest BCUT2D eigenvalue weighted by Crippen LogP contribution is -2.11. The standard InChI is InChI=1S/C20H15N3O4/c1-25-17-7-13-12-5-3-4-6-15(12)27-16(13)8-14(17)23-10-11(9-21)18(22)19(23)20(24)26-2/h3-8,10H,22H2,1-2H3. The largest absolute Gasteiger partial charge is 0.495 e. The normalized spacial score (nSPS) is 10.9. The molecule has 0 bridgehead atoms. The lowest BCUT2D eigenvalue weighted by molar-refractivity contribution is 0.0593. The summed E-state index contributed by atoms with van der Waals surface area (Å²) in [5.74, 6) is -0.153. The Hall–Kier alpha value is -3.92. The van der Waals surface area contributed by atoms with Crippen LogP contribution in [0.2, 0.25) is 0 Å². The van der Waals surface area contributed by atoms with Crippen molar-refractivity contribution < 1.29 is 18.7 Å². The molecule has 134 valence electrons. The SMILES string of the molecule is COC(=O)c1c(N)c(C#N)cn1-c1cc2oc3ccccc3c2cc1OC. The second kappa shape index (κ2) is 6.11. The highest BCUT2D eigenvalue weighted by Crippen LogP contribution is 2.37.